The van der Waals surface area contributed by atoms with Crippen molar-refractivity contribution in [2.75, 3.05) is 13.1 Å². The van der Waals surface area contributed by atoms with Crippen LogP contribution in [-0.4, -0.2) is 31.2 Å². The molecule has 1 aromatic heterocycles. The van der Waals surface area contributed by atoms with Crippen LogP contribution in [0.4, 0.5) is 0 Å². The predicted molar refractivity (Wildman–Crippen MR) is 71.7 cm³/mol. The number of sulfonamides is 1. The molecule has 17 heavy (non-hydrogen) atoms. The lowest BCUT2D eigenvalue weighted by atomic mass is 10.2. The van der Waals surface area contributed by atoms with Crippen LogP contribution in [-0.2, 0) is 10.0 Å². The molecule has 0 radical (unpaired) electrons. The van der Waals surface area contributed by atoms with Crippen LogP contribution < -0.4 is 0 Å². The van der Waals surface area contributed by atoms with E-state index >= 15 is 0 Å². The van der Waals surface area contributed by atoms with Crippen LogP contribution in [0.2, 0.25) is 4.34 Å². The van der Waals surface area contributed by atoms with Crippen molar-refractivity contribution < 1.29 is 8.42 Å². The van der Waals surface area contributed by atoms with Crippen LogP contribution in [0.3, 0.4) is 0 Å². The largest absolute Gasteiger partial charge is 0.252 e. The molecular weight excluding hydrogens is 301 g/mol. The molecule has 1 unspecified atom stereocenters. The molecule has 0 bridgehead atoms. The fraction of sp³-hybridized carbons (Fsp3) is 0.600. The summed E-state index contributed by atoms with van der Waals surface area (Å²) in [4.78, 5) is 0. The molecule has 1 fully saturated rings. The number of halogens is 2. The van der Waals surface area contributed by atoms with Crippen molar-refractivity contribution in [2.24, 2.45) is 0 Å². The number of hydrogen-bond donors (Lipinski definition) is 0. The number of rotatable bonds is 2. The van der Waals surface area contributed by atoms with Crippen LogP contribution in [0, 0.1) is 6.92 Å². The molecule has 2 rings (SSSR count). The van der Waals surface area contributed by atoms with Gasteiger partial charge in [-0.2, -0.15) is 4.31 Å². The molecule has 1 aliphatic heterocycles. The lowest BCUT2D eigenvalue weighted by Gasteiger charge is -2.28. The maximum atomic E-state index is 12.3. The molecule has 1 aromatic rings. The third-order valence-electron chi connectivity index (χ3n) is 2.76. The van der Waals surface area contributed by atoms with E-state index in [1.165, 1.54) is 4.31 Å². The van der Waals surface area contributed by atoms with E-state index < -0.39 is 10.0 Å². The van der Waals surface area contributed by atoms with E-state index in [1.807, 2.05) is 0 Å². The monoisotopic (exact) mass is 313 g/mol. The molecule has 0 saturated carbocycles. The molecule has 0 amide bonds. The Morgan fingerprint density at radius 1 is 1.53 bits per heavy atom. The normalized spacial score (nSPS) is 22.9. The summed E-state index contributed by atoms with van der Waals surface area (Å²) in [5.74, 6) is 0. The molecule has 0 aromatic carbocycles. The van der Waals surface area contributed by atoms with Gasteiger partial charge in [-0.3, -0.25) is 0 Å². The Bertz CT molecular complexity index is 493. The van der Waals surface area contributed by atoms with Gasteiger partial charge in [0.1, 0.15) is 4.21 Å². The minimum atomic E-state index is -3.41. The zero-order valence-corrected chi connectivity index (χ0v) is 12.5. The highest BCUT2D eigenvalue weighted by Gasteiger charge is 2.30. The summed E-state index contributed by atoms with van der Waals surface area (Å²) in [6.07, 6.45) is 1.68. The van der Waals surface area contributed by atoms with E-state index in [0.717, 1.165) is 29.7 Å². The molecule has 0 aliphatic carbocycles. The van der Waals surface area contributed by atoms with Crippen LogP contribution in [0.25, 0.3) is 0 Å². The average Bonchev–Trinajstić information content (AvgIpc) is 2.60. The minimum absolute atomic E-state index is 0.0879. The van der Waals surface area contributed by atoms with Gasteiger partial charge >= 0.3 is 0 Å². The number of hydrogen-bond acceptors (Lipinski definition) is 3. The predicted octanol–water partition coefficient (Wildman–Crippen LogP) is 3.10. The zero-order chi connectivity index (χ0) is 12.6. The maximum Gasteiger partial charge on any atom is 0.252 e. The van der Waals surface area contributed by atoms with Gasteiger partial charge in [0.2, 0.25) is 0 Å². The molecule has 1 atom stereocenters. The fourth-order valence-corrected chi connectivity index (χ4v) is 5.59. The van der Waals surface area contributed by atoms with E-state index in [9.17, 15) is 8.42 Å². The quantitative estimate of drug-likeness (QED) is 0.787. The number of piperidine rings is 1. The Labute approximate surface area is 115 Å². The smallest absolute Gasteiger partial charge is 0.206 e. The van der Waals surface area contributed by atoms with Gasteiger partial charge in [0.15, 0.2) is 0 Å². The second kappa shape index (κ2) is 5.05. The van der Waals surface area contributed by atoms with E-state index in [1.54, 1.807) is 13.0 Å². The van der Waals surface area contributed by atoms with E-state index in [2.05, 4.69) is 0 Å². The minimum Gasteiger partial charge on any atom is -0.206 e. The zero-order valence-electron chi connectivity index (χ0n) is 9.32. The first-order valence-electron chi connectivity index (χ1n) is 5.31. The van der Waals surface area contributed by atoms with Crippen molar-refractivity contribution in [3.05, 3.63) is 16.0 Å². The van der Waals surface area contributed by atoms with Gasteiger partial charge in [0.05, 0.1) is 4.34 Å². The lowest BCUT2D eigenvalue weighted by Crippen LogP contribution is -2.40. The first-order chi connectivity index (χ1) is 7.91. The summed E-state index contributed by atoms with van der Waals surface area (Å²) in [5, 5.41) is -0.0879. The first kappa shape index (κ1) is 13.6. The topological polar surface area (TPSA) is 37.4 Å². The number of thiophene rings is 1. The highest BCUT2D eigenvalue weighted by molar-refractivity contribution is 7.91. The van der Waals surface area contributed by atoms with Crippen LogP contribution >= 0.6 is 34.5 Å². The lowest BCUT2D eigenvalue weighted by molar-refractivity contribution is 0.351. The second-order valence-corrected chi connectivity index (χ2v) is 8.56. The van der Waals surface area contributed by atoms with Gasteiger partial charge in [-0.05, 0) is 31.4 Å². The number of aryl methyl sites for hydroxylation is 1. The van der Waals surface area contributed by atoms with Gasteiger partial charge in [0, 0.05) is 18.5 Å². The standard InChI is InChI=1S/C10H13Cl2NO2S2/c1-7-5-9(16-10(7)12)17(14,15)13-4-2-3-8(11)6-13/h5,8H,2-4,6H2,1H3. The molecule has 3 nitrogen and oxygen atoms in total. The molecule has 96 valence electrons. The SMILES string of the molecule is Cc1cc(S(=O)(=O)N2CCCC(Cl)C2)sc1Cl. The maximum absolute atomic E-state index is 12.3. The van der Waals surface area contributed by atoms with Gasteiger partial charge < -0.3 is 0 Å². The van der Waals surface area contributed by atoms with Crippen molar-refractivity contribution in [3.8, 4) is 0 Å². The van der Waals surface area contributed by atoms with Gasteiger partial charge in [-0.15, -0.1) is 22.9 Å². The van der Waals surface area contributed by atoms with Crippen LogP contribution in [0.15, 0.2) is 10.3 Å². The Kier molecular flexibility index (Phi) is 4.05. The third kappa shape index (κ3) is 2.79. The van der Waals surface area contributed by atoms with Crippen molar-refractivity contribution >= 4 is 44.6 Å². The van der Waals surface area contributed by atoms with E-state index in [-0.39, 0.29) is 5.38 Å². The molecular formula is C10H13Cl2NO2S2. The van der Waals surface area contributed by atoms with Gasteiger partial charge in [-0.1, -0.05) is 11.6 Å². The van der Waals surface area contributed by atoms with Crippen molar-refractivity contribution in [1.29, 1.82) is 0 Å². The molecule has 7 heteroatoms. The second-order valence-electron chi connectivity index (χ2n) is 4.12. The number of alkyl halides is 1. The average molecular weight is 314 g/mol. The Morgan fingerprint density at radius 3 is 2.76 bits per heavy atom. The molecule has 1 saturated heterocycles. The van der Waals surface area contributed by atoms with Crippen LogP contribution in [0.1, 0.15) is 18.4 Å². The molecule has 1 aliphatic rings. The van der Waals surface area contributed by atoms with E-state index in [4.69, 9.17) is 23.2 Å². The molecule has 0 N–H and O–H groups in total. The highest BCUT2D eigenvalue weighted by Crippen LogP contribution is 2.33. The van der Waals surface area contributed by atoms with Crippen molar-refractivity contribution in [2.45, 2.75) is 29.4 Å². The highest BCUT2D eigenvalue weighted by atomic mass is 35.5. The Morgan fingerprint density at radius 2 is 2.24 bits per heavy atom. The number of nitrogens with zero attached hydrogens (tertiary/aromatic N) is 1. The summed E-state index contributed by atoms with van der Waals surface area (Å²) in [7, 11) is -3.41. The van der Waals surface area contributed by atoms with Crippen LogP contribution in [0.5, 0.6) is 0 Å². The summed E-state index contributed by atoms with van der Waals surface area (Å²) in [6, 6.07) is 1.63. The molecule has 0 spiro atoms. The van der Waals surface area contributed by atoms with E-state index in [0.29, 0.717) is 21.6 Å². The van der Waals surface area contributed by atoms with Crippen molar-refractivity contribution in [1.82, 2.24) is 4.31 Å². The van der Waals surface area contributed by atoms with Crippen molar-refractivity contribution in [3.63, 3.8) is 0 Å². The first-order valence-corrected chi connectivity index (χ1v) is 8.38. The summed E-state index contributed by atoms with van der Waals surface area (Å²) >= 11 is 13.0. The fourth-order valence-electron chi connectivity index (χ4n) is 1.80. The Hall–Kier alpha value is 0.190. The Balaban J connectivity index is 2.29. The summed E-state index contributed by atoms with van der Waals surface area (Å²) in [5.41, 5.74) is 0.801. The summed E-state index contributed by atoms with van der Waals surface area (Å²) in [6.45, 7) is 2.73. The molecule has 2 heterocycles. The van der Waals surface area contributed by atoms with Gasteiger partial charge in [0.25, 0.3) is 10.0 Å². The summed E-state index contributed by atoms with van der Waals surface area (Å²) < 4.78 is 26.9. The van der Waals surface area contributed by atoms with Gasteiger partial charge in [-0.25, -0.2) is 8.42 Å². The third-order valence-corrected chi connectivity index (χ3v) is 6.98.